The molecule has 0 fully saturated rings. The van der Waals surface area contributed by atoms with Crippen LogP contribution >= 0.6 is 11.3 Å². The highest BCUT2D eigenvalue weighted by Gasteiger charge is 2.17. The Morgan fingerprint density at radius 1 is 1.53 bits per heavy atom. The average molecular weight is 219 g/mol. The first-order chi connectivity index (χ1) is 7.31. The molecule has 1 heterocycles. The molecule has 0 spiro atoms. The van der Waals surface area contributed by atoms with Gasteiger partial charge < -0.3 is 5.73 Å². The third-order valence-electron chi connectivity index (χ3n) is 2.97. The van der Waals surface area contributed by atoms with Gasteiger partial charge in [0, 0.05) is 22.2 Å². The molecule has 0 saturated carbocycles. The first kappa shape index (κ1) is 10.7. The van der Waals surface area contributed by atoms with Crippen molar-refractivity contribution < 1.29 is 0 Å². The molecule has 1 aromatic rings. The number of fused-ring (bicyclic) bond motifs is 1. The van der Waals surface area contributed by atoms with Gasteiger partial charge in [-0.05, 0) is 43.7 Å². The van der Waals surface area contributed by atoms with Crippen LogP contribution in [0.3, 0.4) is 0 Å². The molecule has 15 heavy (non-hydrogen) atoms. The zero-order valence-corrected chi connectivity index (χ0v) is 9.78. The number of aryl methyl sites for hydroxylation is 2. The van der Waals surface area contributed by atoms with Gasteiger partial charge in [-0.15, -0.1) is 23.7 Å². The van der Waals surface area contributed by atoms with Crippen molar-refractivity contribution >= 4 is 11.3 Å². The van der Waals surface area contributed by atoms with E-state index < -0.39 is 0 Å². The van der Waals surface area contributed by atoms with Gasteiger partial charge in [0.15, 0.2) is 0 Å². The molecule has 1 aliphatic rings. The van der Waals surface area contributed by atoms with E-state index in [1.807, 2.05) is 11.3 Å². The van der Waals surface area contributed by atoms with Crippen molar-refractivity contribution in [3.8, 4) is 12.3 Å². The van der Waals surface area contributed by atoms with E-state index in [1.165, 1.54) is 24.1 Å². The summed E-state index contributed by atoms with van der Waals surface area (Å²) in [4.78, 5) is 2.93. The summed E-state index contributed by atoms with van der Waals surface area (Å²) in [5.41, 5.74) is 7.68. The molecule has 0 amide bonds. The summed E-state index contributed by atoms with van der Waals surface area (Å²) in [6, 6.07) is 2.52. The second-order valence-electron chi connectivity index (χ2n) is 4.15. The lowest BCUT2D eigenvalue weighted by atomic mass is 10.1. The molecule has 0 radical (unpaired) electrons. The van der Waals surface area contributed by atoms with E-state index in [0.29, 0.717) is 0 Å². The number of terminal acetylenes is 1. The Labute approximate surface area is 95.7 Å². The Kier molecular flexibility index (Phi) is 3.45. The minimum atomic E-state index is 0.203. The molecule has 0 aromatic carbocycles. The van der Waals surface area contributed by atoms with Gasteiger partial charge in [0.2, 0.25) is 0 Å². The summed E-state index contributed by atoms with van der Waals surface area (Å²) >= 11 is 1.91. The number of hydrogen-bond donors (Lipinski definition) is 1. The predicted octanol–water partition coefficient (Wildman–Crippen LogP) is 3.04. The van der Waals surface area contributed by atoms with Gasteiger partial charge in [0.1, 0.15) is 0 Å². The SMILES string of the molecule is C#CCCCC(N)c1cc2c(s1)CCC2. The van der Waals surface area contributed by atoms with Crippen LogP contribution in [0.25, 0.3) is 0 Å². The molecule has 1 aliphatic carbocycles. The van der Waals surface area contributed by atoms with Crippen LogP contribution in [0.5, 0.6) is 0 Å². The highest BCUT2D eigenvalue weighted by atomic mass is 32.1. The highest BCUT2D eigenvalue weighted by Crippen LogP contribution is 2.34. The number of nitrogens with two attached hydrogens (primary N) is 1. The Balaban J connectivity index is 1.94. The third kappa shape index (κ3) is 2.42. The molecular formula is C13H17NS. The lowest BCUT2D eigenvalue weighted by Gasteiger charge is -2.07. The molecule has 1 atom stereocenters. The summed E-state index contributed by atoms with van der Waals surface area (Å²) < 4.78 is 0. The van der Waals surface area contributed by atoms with Gasteiger partial charge in [-0.25, -0.2) is 0 Å². The van der Waals surface area contributed by atoms with Crippen LogP contribution in [0, 0.1) is 12.3 Å². The van der Waals surface area contributed by atoms with Crippen molar-refractivity contribution in [2.75, 3.05) is 0 Å². The normalized spacial score (nSPS) is 16.0. The zero-order chi connectivity index (χ0) is 10.7. The summed E-state index contributed by atoms with van der Waals surface area (Å²) in [5, 5.41) is 0. The molecule has 80 valence electrons. The molecule has 1 aromatic heterocycles. The fraction of sp³-hybridized carbons (Fsp3) is 0.538. The lowest BCUT2D eigenvalue weighted by Crippen LogP contribution is -2.08. The smallest absolute Gasteiger partial charge is 0.0390 e. The second-order valence-corrected chi connectivity index (χ2v) is 5.32. The second kappa shape index (κ2) is 4.83. The molecule has 0 saturated heterocycles. The summed E-state index contributed by atoms with van der Waals surface area (Å²) in [6.45, 7) is 0. The quantitative estimate of drug-likeness (QED) is 0.611. The van der Waals surface area contributed by atoms with Gasteiger partial charge in [0.05, 0.1) is 0 Å². The molecular weight excluding hydrogens is 202 g/mol. The van der Waals surface area contributed by atoms with Crippen LogP contribution < -0.4 is 5.73 Å². The number of hydrogen-bond acceptors (Lipinski definition) is 2. The van der Waals surface area contributed by atoms with Crippen molar-refractivity contribution in [2.24, 2.45) is 5.73 Å². The summed E-state index contributed by atoms with van der Waals surface area (Å²) in [5.74, 6) is 2.66. The van der Waals surface area contributed by atoms with Gasteiger partial charge in [-0.2, -0.15) is 0 Å². The Bertz CT molecular complexity index is 351. The third-order valence-corrected chi connectivity index (χ3v) is 4.34. The highest BCUT2D eigenvalue weighted by molar-refractivity contribution is 7.12. The van der Waals surface area contributed by atoms with Crippen molar-refractivity contribution in [1.29, 1.82) is 0 Å². The van der Waals surface area contributed by atoms with Crippen LogP contribution in [0.4, 0.5) is 0 Å². The van der Waals surface area contributed by atoms with Crippen LogP contribution in [0.2, 0.25) is 0 Å². The molecule has 1 nitrogen and oxygen atoms in total. The minimum Gasteiger partial charge on any atom is -0.323 e. The fourth-order valence-electron chi connectivity index (χ4n) is 2.10. The largest absolute Gasteiger partial charge is 0.323 e. The van der Waals surface area contributed by atoms with E-state index in [1.54, 1.807) is 10.4 Å². The van der Waals surface area contributed by atoms with E-state index in [0.717, 1.165) is 19.3 Å². The maximum absolute atomic E-state index is 6.14. The maximum Gasteiger partial charge on any atom is 0.0390 e. The van der Waals surface area contributed by atoms with Gasteiger partial charge in [-0.3, -0.25) is 0 Å². The van der Waals surface area contributed by atoms with E-state index in [4.69, 9.17) is 12.2 Å². The van der Waals surface area contributed by atoms with Crippen molar-refractivity contribution in [3.63, 3.8) is 0 Å². The van der Waals surface area contributed by atoms with E-state index in [-0.39, 0.29) is 6.04 Å². The maximum atomic E-state index is 6.14. The molecule has 1 unspecified atom stereocenters. The molecule has 0 bridgehead atoms. The molecule has 2 heteroatoms. The Morgan fingerprint density at radius 3 is 3.13 bits per heavy atom. The first-order valence-corrected chi connectivity index (χ1v) is 6.43. The van der Waals surface area contributed by atoms with Crippen molar-refractivity contribution in [2.45, 2.75) is 44.6 Å². The number of rotatable bonds is 4. The van der Waals surface area contributed by atoms with Crippen molar-refractivity contribution in [1.82, 2.24) is 0 Å². The summed E-state index contributed by atoms with van der Waals surface area (Å²) in [7, 11) is 0. The fourth-order valence-corrected chi connectivity index (χ4v) is 3.39. The van der Waals surface area contributed by atoms with Gasteiger partial charge in [-0.1, -0.05) is 0 Å². The van der Waals surface area contributed by atoms with Crippen LogP contribution in [0.1, 0.15) is 47.0 Å². The predicted molar refractivity (Wildman–Crippen MR) is 66.0 cm³/mol. The van der Waals surface area contributed by atoms with E-state index >= 15 is 0 Å². The molecule has 2 N–H and O–H groups in total. The molecule has 2 rings (SSSR count). The lowest BCUT2D eigenvalue weighted by molar-refractivity contribution is 0.629. The minimum absolute atomic E-state index is 0.203. The molecule has 0 aliphatic heterocycles. The monoisotopic (exact) mass is 219 g/mol. The van der Waals surface area contributed by atoms with Gasteiger partial charge in [0.25, 0.3) is 0 Å². The van der Waals surface area contributed by atoms with Crippen LogP contribution in [-0.4, -0.2) is 0 Å². The number of unbranched alkanes of at least 4 members (excludes halogenated alkanes) is 1. The number of thiophene rings is 1. The van der Waals surface area contributed by atoms with E-state index in [2.05, 4.69) is 12.0 Å². The van der Waals surface area contributed by atoms with Crippen LogP contribution in [0.15, 0.2) is 6.07 Å². The standard InChI is InChI=1S/C13H17NS/c1-2-3-4-7-11(14)13-9-10-6-5-8-12(10)15-13/h1,9,11H,3-8,14H2. The Hall–Kier alpha value is -0.780. The van der Waals surface area contributed by atoms with Crippen LogP contribution in [-0.2, 0) is 12.8 Å². The van der Waals surface area contributed by atoms with E-state index in [9.17, 15) is 0 Å². The average Bonchev–Trinajstić information content (AvgIpc) is 2.76. The first-order valence-electron chi connectivity index (χ1n) is 5.62. The topological polar surface area (TPSA) is 26.0 Å². The van der Waals surface area contributed by atoms with Crippen molar-refractivity contribution in [3.05, 3.63) is 21.4 Å². The summed E-state index contributed by atoms with van der Waals surface area (Å²) in [6.07, 6.45) is 12.0. The van der Waals surface area contributed by atoms with Gasteiger partial charge >= 0.3 is 0 Å². The Morgan fingerprint density at radius 2 is 2.40 bits per heavy atom. The zero-order valence-electron chi connectivity index (χ0n) is 8.96.